The highest BCUT2D eigenvalue weighted by molar-refractivity contribution is 5.97. The van der Waals surface area contributed by atoms with E-state index in [1.165, 1.54) is 0 Å². The molecule has 0 fully saturated rings. The van der Waals surface area contributed by atoms with Crippen LogP contribution in [-0.2, 0) is 17.9 Å². The third-order valence-corrected chi connectivity index (χ3v) is 4.29. The van der Waals surface area contributed by atoms with E-state index >= 15 is 0 Å². The zero-order valence-corrected chi connectivity index (χ0v) is 16.6. The SMILES string of the molecule is COc1ccc(NC(=O)Cn2nnc(C(=O)NCc3ccccc3OC)c2N)cc1. The maximum Gasteiger partial charge on any atom is 0.275 e. The molecule has 2 amide bonds. The van der Waals surface area contributed by atoms with Gasteiger partial charge in [0.05, 0.1) is 14.2 Å². The van der Waals surface area contributed by atoms with Gasteiger partial charge in [0.2, 0.25) is 5.91 Å². The Labute approximate surface area is 173 Å². The van der Waals surface area contributed by atoms with E-state index in [1.54, 1.807) is 44.6 Å². The molecule has 0 radical (unpaired) electrons. The van der Waals surface area contributed by atoms with Gasteiger partial charge in [0, 0.05) is 17.8 Å². The Bertz CT molecular complexity index is 1030. The maximum absolute atomic E-state index is 12.4. The van der Waals surface area contributed by atoms with E-state index in [0.717, 1.165) is 10.2 Å². The van der Waals surface area contributed by atoms with Crippen LogP contribution >= 0.6 is 0 Å². The summed E-state index contributed by atoms with van der Waals surface area (Å²) in [5, 5.41) is 13.0. The fraction of sp³-hybridized carbons (Fsp3) is 0.200. The lowest BCUT2D eigenvalue weighted by Crippen LogP contribution is -2.25. The second kappa shape index (κ2) is 9.41. The summed E-state index contributed by atoms with van der Waals surface area (Å²) in [6, 6.07) is 14.2. The number of ether oxygens (including phenoxy) is 2. The first-order valence-electron chi connectivity index (χ1n) is 9.04. The minimum Gasteiger partial charge on any atom is -0.497 e. The number of nitrogens with two attached hydrogens (primary N) is 1. The van der Waals surface area contributed by atoms with Gasteiger partial charge in [-0.1, -0.05) is 23.4 Å². The zero-order valence-electron chi connectivity index (χ0n) is 16.6. The van der Waals surface area contributed by atoms with Crippen molar-refractivity contribution in [2.75, 3.05) is 25.3 Å². The van der Waals surface area contributed by atoms with E-state index in [9.17, 15) is 9.59 Å². The van der Waals surface area contributed by atoms with Crippen LogP contribution in [0.5, 0.6) is 11.5 Å². The molecule has 0 atom stereocenters. The molecule has 0 aliphatic rings. The average molecular weight is 410 g/mol. The lowest BCUT2D eigenvalue weighted by molar-refractivity contribution is -0.116. The summed E-state index contributed by atoms with van der Waals surface area (Å²) >= 11 is 0. The first kappa shape index (κ1) is 20.6. The fourth-order valence-corrected chi connectivity index (χ4v) is 2.72. The Kier molecular flexibility index (Phi) is 6.48. The topological polar surface area (TPSA) is 133 Å². The van der Waals surface area contributed by atoms with Gasteiger partial charge < -0.3 is 25.8 Å². The Balaban J connectivity index is 1.60. The van der Waals surface area contributed by atoms with Gasteiger partial charge in [-0.15, -0.1) is 5.10 Å². The van der Waals surface area contributed by atoms with Gasteiger partial charge in [-0.05, 0) is 30.3 Å². The molecule has 30 heavy (non-hydrogen) atoms. The third-order valence-electron chi connectivity index (χ3n) is 4.29. The molecule has 2 aromatic carbocycles. The minimum atomic E-state index is -0.500. The number of nitrogens with one attached hydrogen (secondary N) is 2. The van der Waals surface area contributed by atoms with Gasteiger partial charge in [-0.2, -0.15) is 0 Å². The Morgan fingerprint density at radius 2 is 1.80 bits per heavy atom. The summed E-state index contributed by atoms with van der Waals surface area (Å²) in [4.78, 5) is 24.7. The van der Waals surface area contributed by atoms with E-state index in [0.29, 0.717) is 17.2 Å². The predicted octanol–water partition coefficient (Wildman–Crippen LogP) is 1.45. The second-order valence-corrected chi connectivity index (χ2v) is 6.25. The summed E-state index contributed by atoms with van der Waals surface area (Å²) in [6.07, 6.45) is 0. The molecule has 1 heterocycles. The predicted molar refractivity (Wildman–Crippen MR) is 110 cm³/mol. The van der Waals surface area contributed by atoms with Crippen molar-refractivity contribution in [2.24, 2.45) is 0 Å². The van der Waals surface area contributed by atoms with Crippen LogP contribution in [-0.4, -0.2) is 41.0 Å². The van der Waals surface area contributed by atoms with E-state index in [2.05, 4.69) is 20.9 Å². The third kappa shape index (κ3) is 4.85. The fourth-order valence-electron chi connectivity index (χ4n) is 2.72. The number of nitrogens with zero attached hydrogens (tertiary/aromatic N) is 3. The van der Waals surface area contributed by atoms with Gasteiger partial charge >= 0.3 is 0 Å². The normalized spacial score (nSPS) is 10.3. The number of para-hydroxylation sites is 1. The molecule has 4 N–H and O–H groups in total. The monoisotopic (exact) mass is 410 g/mol. The largest absolute Gasteiger partial charge is 0.497 e. The van der Waals surface area contributed by atoms with Crippen LogP contribution < -0.4 is 25.8 Å². The van der Waals surface area contributed by atoms with Crippen molar-refractivity contribution in [1.82, 2.24) is 20.3 Å². The van der Waals surface area contributed by atoms with Crippen molar-refractivity contribution in [3.8, 4) is 11.5 Å². The Hall–Kier alpha value is -4.08. The number of carbonyl (C=O) groups excluding carboxylic acids is 2. The summed E-state index contributed by atoms with van der Waals surface area (Å²) < 4.78 is 11.5. The minimum absolute atomic E-state index is 0.00240. The number of rotatable bonds is 8. The van der Waals surface area contributed by atoms with Crippen molar-refractivity contribution in [1.29, 1.82) is 0 Å². The van der Waals surface area contributed by atoms with E-state index in [4.69, 9.17) is 15.2 Å². The lowest BCUT2D eigenvalue weighted by atomic mass is 10.2. The number of anilines is 2. The Morgan fingerprint density at radius 3 is 2.50 bits per heavy atom. The van der Waals surface area contributed by atoms with E-state index < -0.39 is 5.91 Å². The van der Waals surface area contributed by atoms with Crippen molar-refractivity contribution >= 4 is 23.3 Å². The molecule has 0 saturated carbocycles. The van der Waals surface area contributed by atoms with E-state index in [1.807, 2.05) is 18.2 Å². The molecule has 10 heteroatoms. The molecule has 0 aliphatic heterocycles. The van der Waals surface area contributed by atoms with Crippen LogP contribution in [0.3, 0.4) is 0 Å². The highest BCUT2D eigenvalue weighted by Gasteiger charge is 2.19. The Morgan fingerprint density at radius 1 is 1.07 bits per heavy atom. The van der Waals surface area contributed by atoms with Crippen molar-refractivity contribution < 1.29 is 19.1 Å². The highest BCUT2D eigenvalue weighted by atomic mass is 16.5. The summed E-state index contributed by atoms with van der Waals surface area (Å²) in [5.41, 5.74) is 7.31. The molecule has 1 aromatic heterocycles. The van der Waals surface area contributed by atoms with E-state index in [-0.39, 0.29) is 30.5 Å². The molecule has 156 valence electrons. The number of benzene rings is 2. The second-order valence-electron chi connectivity index (χ2n) is 6.25. The molecule has 0 saturated heterocycles. The summed E-state index contributed by atoms with van der Waals surface area (Å²) in [6.45, 7) is 0.0394. The number of amides is 2. The number of nitrogen functional groups attached to an aromatic ring is 1. The van der Waals surface area contributed by atoms with Gasteiger partial charge in [0.1, 0.15) is 18.0 Å². The van der Waals surface area contributed by atoms with Gasteiger partial charge in [-0.3, -0.25) is 9.59 Å². The number of hydrogen-bond donors (Lipinski definition) is 3. The molecule has 0 spiro atoms. The molecule has 3 aromatic rings. The van der Waals surface area contributed by atoms with Gasteiger partial charge in [-0.25, -0.2) is 4.68 Å². The molecule has 3 rings (SSSR count). The summed E-state index contributed by atoms with van der Waals surface area (Å²) in [7, 11) is 3.12. The van der Waals surface area contributed by atoms with Crippen molar-refractivity contribution in [3.05, 3.63) is 59.8 Å². The standard InChI is InChI=1S/C20H22N6O4/c1-29-15-9-7-14(8-10-15)23-17(27)12-26-19(21)18(24-25-26)20(28)22-11-13-5-3-4-6-16(13)30-2/h3-10H,11-12,21H2,1-2H3,(H,22,28)(H,23,27). The summed E-state index contributed by atoms with van der Waals surface area (Å²) in [5.74, 6) is 0.470. The zero-order chi connectivity index (χ0) is 21.5. The van der Waals surface area contributed by atoms with Crippen LogP contribution in [0, 0.1) is 0 Å². The van der Waals surface area contributed by atoms with Crippen LogP contribution in [0.4, 0.5) is 11.5 Å². The highest BCUT2D eigenvalue weighted by Crippen LogP contribution is 2.18. The van der Waals surface area contributed by atoms with Crippen LogP contribution in [0.1, 0.15) is 16.1 Å². The lowest BCUT2D eigenvalue weighted by Gasteiger charge is -2.09. The molecule has 10 nitrogen and oxygen atoms in total. The first-order chi connectivity index (χ1) is 14.5. The molecular weight excluding hydrogens is 388 g/mol. The average Bonchev–Trinajstić information content (AvgIpc) is 3.12. The van der Waals surface area contributed by atoms with Crippen LogP contribution in [0.2, 0.25) is 0 Å². The van der Waals surface area contributed by atoms with Crippen molar-refractivity contribution in [2.45, 2.75) is 13.1 Å². The number of aromatic nitrogens is 3. The maximum atomic E-state index is 12.4. The van der Waals surface area contributed by atoms with Crippen molar-refractivity contribution in [3.63, 3.8) is 0 Å². The van der Waals surface area contributed by atoms with Gasteiger partial charge in [0.25, 0.3) is 5.91 Å². The number of methoxy groups -OCH3 is 2. The molecule has 0 unspecified atom stereocenters. The molecule has 0 bridgehead atoms. The number of hydrogen-bond acceptors (Lipinski definition) is 7. The smallest absolute Gasteiger partial charge is 0.275 e. The molecular formula is C20H22N6O4. The van der Waals surface area contributed by atoms with Crippen LogP contribution in [0.15, 0.2) is 48.5 Å². The number of carbonyl (C=O) groups is 2. The molecule has 0 aliphatic carbocycles. The van der Waals surface area contributed by atoms with Crippen LogP contribution in [0.25, 0.3) is 0 Å². The quantitative estimate of drug-likeness (QED) is 0.512. The first-order valence-corrected chi connectivity index (χ1v) is 9.04. The van der Waals surface area contributed by atoms with Gasteiger partial charge in [0.15, 0.2) is 11.5 Å².